The zero-order valence-corrected chi connectivity index (χ0v) is 12.9. The molecule has 2 amide bonds. The Balaban J connectivity index is 1.76. The van der Waals surface area contributed by atoms with Crippen molar-refractivity contribution in [2.24, 2.45) is 10.9 Å². The molecule has 0 aliphatic carbocycles. The number of likely N-dealkylation sites (tertiary alicyclic amines) is 1. The van der Waals surface area contributed by atoms with E-state index in [0.717, 1.165) is 45.0 Å². The molecule has 118 valence electrons. The number of guanidine groups is 1. The predicted molar refractivity (Wildman–Crippen MR) is 79.0 cm³/mol. The zero-order chi connectivity index (χ0) is 15.5. The molecule has 0 aromatic heterocycles. The predicted octanol–water partition coefficient (Wildman–Crippen LogP) is 0.709. The third kappa shape index (κ3) is 4.61. The minimum Gasteiger partial charge on any atom is -0.444 e. The minimum atomic E-state index is -0.670. The van der Waals surface area contributed by atoms with Crippen LogP contribution in [0, 0.1) is 5.92 Å². The van der Waals surface area contributed by atoms with E-state index in [2.05, 4.69) is 20.5 Å². The van der Waals surface area contributed by atoms with Crippen molar-refractivity contribution in [3.05, 3.63) is 0 Å². The molecular formula is C14H24N4O3. The summed E-state index contributed by atoms with van der Waals surface area (Å²) in [6, 6.07) is 0. The Morgan fingerprint density at radius 3 is 2.52 bits per heavy atom. The lowest BCUT2D eigenvalue weighted by Gasteiger charge is -2.32. The summed E-state index contributed by atoms with van der Waals surface area (Å²) in [4.78, 5) is 30.2. The van der Waals surface area contributed by atoms with Gasteiger partial charge in [0.15, 0.2) is 5.96 Å². The zero-order valence-electron chi connectivity index (χ0n) is 12.9. The van der Waals surface area contributed by atoms with Crippen molar-refractivity contribution in [3.8, 4) is 0 Å². The molecule has 0 spiro atoms. The van der Waals surface area contributed by atoms with Gasteiger partial charge in [-0.1, -0.05) is 0 Å². The first-order chi connectivity index (χ1) is 9.85. The van der Waals surface area contributed by atoms with Crippen LogP contribution in [0.2, 0.25) is 0 Å². The first-order valence-corrected chi connectivity index (χ1v) is 7.42. The molecule has 2 aliphatic rings. The maximum absolute atomic E-state index is 12.0. The molecule has 0 aromatic rings. The van der Waals surface area contributed by atoms with Crippen LogP contribution in [0.3, 0.4) is 0 Å². The number of amides is 2. The Morgan fingerprint density at radius 1 is 1.33 bits per heavy atom. The number of carbonyl (C=O) groups excluding carboxylic acids is 2. The summed E-state index contributed by atoms with van der Waals surface area (Å²) in [5, 5.41) is 5.56. The standard InChI is InChI=1S/C14H24N4O3/c1-14(2,3)21-13(20)17-11(19)10-4-8-18(9-5-10)12-15-6-7-16-12/h10H,4-9H2,1-3H3,(H,15,16)(H,17,19,20). The van der Waals surface area contributed by atoms with Gasteiger partial charge in [-0.3, -0.25) is 15.1 Å². The fourth-order valence-electron chi connectivity index (χ4n) is 2.46. The fraction of sp³-hybridized carbons (Fsp3) is 0.786. The monoisotopic (exact) mass is 296 g/mol. The third-order valence-corrected chi connectivity index (χ3v) is 3.45. The summed E-state index contributed by atoms with van der Waals surface area (Å²) < 4.78 is 5.09. The van der Waals surface area contributed by atoms with Crippen molar-refractivity contribution < 1.29 is 14.3 Å². The van der Waals surface area contributed by atoms with Crippen LogP contribution in [0.5, 0.6) is 0 Å². The van der Waals surface area contributed by atoms with Gasteiger partial charge in [-0.2, -0.15) is 0 Å². The summed E-state index contributed by atoms with van der Waals surface area (Å²) in [7, 11) is 0. The molecule has 0 atom stereocenters. The van der Waals surface area contributed by atoms with E-state index in [1.165, 1.54) is 0 Å². The van der Waals surface area contributed by atoms with Crippen LogP contribution < -0.4 is 10.6 Å². The van der Waals surface area contributed by atoms with Crippen LogP contribution in [0.15, 0.2) is 4.99 Å². The smallest absolute Gasteiger partial charge is 0.414 e. The van der Waals surface area contributed by atoms with Gasteiger partial charge in [0.2, 0.25) is 5.91 Å². The van der Waals surface area contributed by atoms with E-state index >= 15 is 0 Å². The normalized spacial score (nSPS) is 19.8. The quantitative estimate of drug-likeness (QED) is 0.744. The van der Waals surface area contributed by atoms with E-state index in [9.17, 15) is 9.59 Å². The van der Waals surface area contributed by atoms with E-state index in [1.807, 2.05) is 0 Å². The molecule has 0 aromatic carbocycles. The summed E-state index contributed by atoms with van der Waals surface area (Å²) in [6.07, 6.45) is 0.766. The Hall–Kier alpha value is -1.79. The van der Waals surface area contributed by atoms with E-state index in [0.29, 0.717) is 0 Å². The highest BCUT2D eigenvalue weighted by atomic mass is 16.6. The highest BCUT2D eigenvalue weighted by Crippen LogP contribution is 2.18. The first kappa shape index (κ1) is 15.6. The molecule has 0 radical (unpaired) electrons. The maximum atomic E-state index is 12.0. The number of piperidine rings is 1. The molecule has 0 unspecified atom stereocenters. The molecule has 21 heavy (non-hydrogen) atoms. The molecule has 2 rings (SSSR count). The number of nitrogens with one attached hydrogen (secondary N) is 2. The van der Waals surface area contributed by atoms with Gasteiger partial charge < -0.3 is 15.0 Å². The number of nitrogens with zero attached hydrogens (tertiary/aromatic N) is 2. The number of carbonyl (C=O) groups is 2. The average Bonchev–Trinajstić information content (AvgIpc) is 2.90. The number of imide groups is 1. The van der Waals surface area contributed by atoms with Crippen molar-refractivity contribution in [2.75, 3.05) is 26.2 Å². The van der Waals surface area contributed by atoms with Gasteiger partial charge in [-0.05, 0) is 33.6 Å². The lowest BCUT2D eigenvalue weighted by Crippen LogP contribution is -2.47. The Bertz CT molecular complexity index is 434. The number of alkyl carbamates (subject to hydrolysis) is 1. The molecule has 2 aliphatic heterocycles. The summed E-state index contributed by atoms with van der Waals surface area (Å²) in [5.74, 6) is 0.544. The minimum absolute atomic E-state index is 0.143. The van der Waals surface area contributed by atoms with E-state index in [1.54, 1.807) is 20.8 Å². The van der Waals surface area contributed by atoms with Crippen LogP contribution >= 0.6 is 0 Å². The molecule has 1 fully saturated rings. The maximum Gasteiger partial charge on any atom is 0.414 e. The van der Waals surface area contributed by atoms with Gasteiger partial charge in [0, 0.05) is 25.6 Å². The Labute approximate surface area is 125 Å². The van der Waals surface area contributed by atoms with Gasteiger partial charge in [0.25, 0.3) is 0 Å². The SMILES string of the molecule is CC(C)(C)OC(=O)NC(=O)C1CCN(C2=NCCN2)CC1. The fourth-order valence-corrected chi connectivity index (χ4v) is 2.46. The first-order valence-electron chi connectivity index (χ1n) is 7.42. The highest BCUT2D eigenvalue weighted by Gasteiger charge is 2.29. The second-order valence-electron chi connectivity index (χ2n) is 6.38. The number of aliphatic imine (C=N–C) groups is 1. The number of hydrogen-bond donors (Lipinski definition) is 2. The molecule has 2 N–H and O–H groups in total. The third-order valence-electron chi connectivity index (χ3n) is 3.45. The Kier molecular flexibility index (Phi) is 4.69. The molecule has 1 saturated heterocycles. The van der Waals surface area contributed by atoms with Crippen molar-refractivity contribution in [1.29, 1.82) is 0 Å². The molecule has 0 saturated carbocycles. The summed E-state index contributed by atoms with van der Waals surface area (Å²) >= 11 is 0. The molecule has 7 heteroatoms. The van der Waals surface area contributed by atoms with Crippen LogP contribution in [-0.4, -0.2) is 54.6 Å². The van der Waals surface area contributed by atoms with Crippen LogP contribution in [0.4, 0.5) is 4.79 Å². The van der Waals surface area contributed by atoms with E-state index in [4.69, 9.17) is 4.74 Å². The molecule has 7 nitrogen and oxygen atoms in total. The van der Waals surface area contributed by atoms with Gasteiger partial charge in [0.1, 0.15) is 5.60 Å². The average molecular weight is 296 g/mol. The van der Waals surface area contributed by atoms with Gasteiger partial charge in [-0.25, -0.2) is 4.79 Å². The second kappa shape index (κ2) is 6.32. The number of ether oxygens (including phenoxy) is 1. The van der Waals surface area contributed by atoms with Crippen LogP contribution in [-0.2, 0) is 9.53 Å². The second-order valence-corrected chi connectivity index (χ2v) is 6.38. The lowest BCUT2D eigenvalue weighted by molar-refractivity contribution is -0.125. The number of hydrogen-bond acceptors (Lipinski definition) is 6. The van der Waals surface area contributed by atoms with Gasteiger partial charge in [0.05, 0.1) is 6.54 Å². The van der Waals surface area contributed by atoms with E-state index in [-0.39, 0.29) is 11.8 Å². The van der Waals surface area contributed by atoms with Crippen molar-refractivity contribution in [2.45, 2.75) is 39.2 Å². The number of rotatable bonds is 1. The topological polar surface area (TPSA) is 83.0 Å². The van der Waals surface area contributed by atoms with Gasteiger partial charge >= 0.3 is 6.09 Å². The Morgan fingerprint density at radius 2 is 2.00 bits per heavy atom. The van der Waals surface area contributed by atoms with E-state index < -0.39 is 11.7 Å². The van der Waals surface area contributed by atoms with Crippen LogP contribution in [0.25, 0.3) is 0 Å². The van der Waals surface area contributed by atoms with Crippen LogP contribution in [0.1, 0.15) is 33.6 Å². The largest absolute Gasteiger partial charge is 0.444 e. The lowest BCUT2D eigenvalue weighted by atomic mass is 9.96. The molecular weight excluding hydrogens is 272 g/mol. The highest BCUT2D eigenvalue weighted by molar-refractivity contribution is 5.93. The summed E-state index contributed by atoms with van der Waals surface area (Å²) in [5.41, 5.74) is -0.597. The van der Waals surface area contributed by atoms with Crippen molar-refractivity contribution in [1.82, 2.24) is 15.5 Å². The molecule has 0 bridgehead atoms. The van der Waals surface area contributed by atoms with Crippen molar-refractivity contribution >= 4 is 18.0 Å². The summed E-state index contributed by atoms with van der Waals surface area (Å²) in [6.45, 7) is 8.56. The molecule has 2 heterocycles. The van der Waals surface area contributed by atoms with Crippen molar-refractivity contribution in [3.63, 3.8) is 0 Å². The van der Waals surface area contributed by atoms with Gasteiger partial charge in [-0.15, -0.1) is 0 Å².